The van der Waals surface area contributed by atoms with Crippen molar-refractivity contribution in [2.75, 3.05) is 18.6 Å². The summed E-state index contributed by atoms with van der Waals surface area (Å²) < 4.78 is 43.0. The van der Waals surface area contributed by atoms with Gasteiger partial charge in [0.05, 0.1) is 31.1 Å². The molecule has 0 aliphatic carbocycles. The number of carbonyl (C=O) groups excluding carboxylic acids is 2. The molecule has 31 heavy (non-hydrogen) atoms. The molecule has 0 saturated carbocycles. The summed E-state index contributed by atoms with van der Waals surface area (Å²) in [4.78, 5) is 32.1. The van der Waals surface area contributed by atoms with Crippen LogP contribution in [0.4, 0.5) is 23.7 Å². The molecule has 2 aromatic carbocycles. The molecule has 1 saturated heterocycles. The van der Waals surface area contributed by atoms with Crippen molar-refractivity contribution in [2.24, 2.45) is 0 Å². The Morgan fingerprint density at radius 1 is 1.10 bits per heavy atom. The Hall–Kier alpha value is -3.27. The summed E-state index contributed by atoms with van der Waals surface area (Å²) in [5, 5.41) is 0.800. The van der Waals surface area contributed by atoms with Crippen LogP contribution in [0.5, 0.6) is 5.75 Å². The molecule has 3 aromatic rings. The molecule has 6 nitrogen and oxygen atoms in total. The molecule has 1 aliphatic rings. The molecule has 1 fully saturated rings. The zero-order valence-corrected chi connectivity index (χ0v) is 17.0. The number of pyridine rings is 1. The molecule has 1 aromatic heterocycles. The van der Waals surface area contributed by atoms with E-state index in [0.29, 0.717) is 11.3 Å². The number of alkyl halides is 3. The molecular formula is C21H16F3N3O3S. The summed E-state index contributed by atoms with van der Waals surface area (Å²) in [6.07, 6.45) is 1.56. The van der Waals surface area contributed by atoms with Gasteiger partial charge in [0.25, 0.3) is 5.91 Å². The maximum absolute atomic E-state index is 13.0. The van der Waals surface area contributed by atoms with E-state index in [1.54, 1.807) is 6.20 Å². The van der Waals surface area contributed by atoms with Crippen LogP contribution in [0.2, 0.25) is 0 Å². The number of imide groups is 1. The first-order valence-corrected chi connectivity index (χ1v) is 9.97. The standard InChI is InChI=1S/C21H16F3N3O3S/c1-30-18-10-25-17-5-3-2-4-15(17)16(18)11-26-12-19(28)27(20(26)29)13-6-8-14(9-7-13)31-21(22,23)24/h2-10H,11-12H2,1H3. The number of nitrogens with zero attached hydrogens (tertiary/aromatic N) is 3. The maximum atomic E-state index is 13.0. The van der Waals surface area contributed by atoms with Crippen molar-refractivity contribution < 1.29 is 27.5 Å². The number of methoxy groups -OCH3 is 1. The van der Waals surface area contributed by atoms with E-state index in [2.05, 4.69) is 4.98 Å². The van der Waals surface area contributed by atoms with Crippen molar-refractivity contribution in [3.8, 4) is 5.75 Å². The van der Waals surface area contributed by atoms with Crippen LogP contribution in [0.25, 0.3) is 10.9 Å². The van der Waals surface area contributed by atoms with Crippen molar-refractivity contribution in [1.82, 2.24) is 9.88 Å². The van der Waals surface area contributed by atoms with Gasteiger partial charge in [-0.25, -0.2) is 9.69 Å². The minimum absolute atomic E-state index is 0.0276. The number of hydrogen-bond acceptors (Lipinski definition) is 5. The van der Waals surface area contributed by atoms with E-state index in [9.17, 15) is 22.8 Å². The van der Waals surface area contributed by atoms with Crippen LogP contribution in [0.15, 0.2) is 59.6 Å². The number of anilines is 1. The van der Waals surface area contributed by atoms with Crippen LogP contribution in [-0.4, -0.2) is 41.0 Å². The SMILES string of the molecule is COc1cnc2ccccc2c1CN1CC(=O)N(c2ccc(SC(F)(F)F)cc2)C1=O. The van der Waals surface area contributed by atoms with Crippen molar-refractivity contribution in [2.45, 2.75) is 16.9 Å². The molecule has 0 bridgehead atoms. The molecule has 0 spiro atoms. The number of thioether (sulfide) groups is 1. The first-order valence-electron chi connectivity index (χ1n) is 9.15. The van der Waals surface area contributed by atoms with E-state index in [0.717, 1.165) is 15.8 Å². The molecule has 2 heterocycles. The normalized spacial score (nSPS) is 14.6. The quantitative estimate of drug-likeness (QED) is 0.414. The molecule has 160 valence electrons. The molecule has 10 heteroatoms. The smallest absolute Gasteiger partial charge is 0.446 e. The number of benzene rings is 2. The van der Waals surface area contributed by atoms with Gasteiger partial charge in [-0.05, 0) is 42.1 Å². The molecule has 0 radical (unpaired) electrons. The molecule has 0 unspecified atom stereocenters. The lowest BCUT2D eigenvalue weighted by atomic mass is 10.1. The fraction of sp³-hybridized carbons (Fsp3) is 0.190. The topological polar surface area (TPSA) is 62.7 Å². The van der Waals surface area contributed by atoms with E-state index in [1.165, 1.54) is 36.3 Å². The van der Waals surface area contributed by atoms with Gasteiger partial charge in [0.1, 0.15) is 12.3 Å². The fourth-order valence-electron chi connectivity index (χ4n) is 3.43. The average molecular weight is 447 g/mol. The minimum atomic E-state index is -4.41. The first-order chi connectivity index (χ1) is 14.8. The van der Waals surface area contributed by atoms with Gasteiger partial charge in [0.2, 0.25) is 0 Å². The maximum Gasteiger partial charge on any atom is 0.446 e. The van der Waals surface area contributed by atoms with Gasteiger partial charge in [-0.3, -0.25) is 9.78 Å². The predicted molar refractivity (Wildman–Crippen MR) is 110 cm³/mol. The number of halogens is 3. The highest BCUT2D eigenvalue weighted by Crippen LogP contribution is 2.38. The van der Waals surface area contributed by atoms with Gasteiger partial charge in [0, 0.05) is 15.8 Å². The van der Waals surface area contributed by atoms with Crippen molar-refractivity contribution in [1.29, 1.82) is 0 Å². The van der Waals surface area contributed by atoms with Crippen molar-refractivity contribution >= 4 is 40.3 Å². The first kappa shape index (κ1) is 21.0. The van der Waals surface area contributed by atoms with Gasteiger partial charge in [-0.1, -0.05) is 18.2 Å². The Labute approximate surface area is 179 Å². The second kappa shape index (κ2) is 8.10. The molecule has 1 aliphatic heterocycles. The van der Waals surface area contributed by atoms with E-state index in [-0.39, 0.29) is 35.4 Å². The second-order valence-corrected chi connectivity index (χ2v) is 7.87. The Kier molecular flexibility index (Phi) is 5.48. The van der Waals surface area contributed by atoms with Crippen LogP contribution < -0.4 is 9.64 Å². The summed E-state index contributed by atoms with van der Waals surface area (Å²) in [6, 6.07) is 12.0. The summed E-state index contributed by atoms with van der Waals surface area (Å²) >= 11 is -0.258. The lowest BCUT2D eigenvalue weighted by Gasteiger charge is -2.19. The molecule has 3 amide bonds. The number of ether oxygens (including phenoxy) is 1. The highest BCUT2D eigenvalue weighted by molar-refractivity contribution is 8.00. The second-order valence-electron chi connectivity index (χ2n) is 6.73. The van der Waals surface area contributed by atoms with E-state index < -0.39 is 17.4 Å². The highest BCUT2D eigenvalue weighted by Gasteiger charge is 2.38. The molecule has 0 atom stereocenters. The third kappa shape index (κ3) is 4.29. The molecule has 4 rings (SSSR count). The van der Waals surface area contributed by atoms with Crippen LogP contribution in [0.1, 0.15) is 5.56 Å². The fourth-order valence-corrected chi connectivity index (χ4v) is 3.97. The Balaban J connectivity index is 1.59. The summed E-state index contributed by atoms with van der Waals surface area (Å²) in [5.41, 5.74) is -2.75. The Morgan fingerprint density at radius 2 is 1.81 bits per heavy atom. The number of aromatic nitrogens is 1. The predicted octanol–water partition coefficient (Wildman–Crippen LogP) is 4.82. The van der Waals surface area contributed by atoms with Crippen LogP contribution in [-0.2, 0) is 11.3 Å². The number of carbonyl (C=O) groups is 2. The number of hydrogen-bond donors (Lipinski definition) is 0. The summed E-state index contributed by atoms with van der Waals surface area (Å²) in [6.45, 7) is -0.0347. The average Bonchev–Trinajstić information content (AvgIpc) is 3.01. The van der Waals surface area contributed by atoms with E-state index in [1.807, 2.05) is 24.3 Å². The molecular weight excluding hydrogens is 431 g/mol. The van der Waals surface area contributed by atoms with Gasteiger partial charge in [-0.2, -0.15) is 13.2 Å². The monoisotopic (exact) mass is 447 g/mol. The van der Waals surface area contributed by atoms with Gasteiger partial charge < -0.3 is 9.64 Å². The lowest BCUT2D eigenvalue weighted by Crippen LogP contribution is -2.32. The third-order valence-corrected chi connectivity index (χ3v) is 5.52. The van der Waals surface area contributed by atoms with Crippen LogP contribution in [0, 0.1) is 0 Å². The molecule has 0 N–H and O–H groups in total. The van der Waals surface area contributed by atoms with E-state index in [4.69, 9.17) is 4.74 Å². The number of para-hydroxylation sites is 1. The number of fused-ring (bicyclic) bond motifs is 1. The number of amides is 3. The zero-order chi connectivity index (χ0) is 22.2. The minimum Gasteiger partial charge on any atom is -0.495 e. The van der Waals surface area contributed by atoms with Crippen LogP contribution >= 0.6 is 11.8 Å². The van der Waals surface area contributed by atoms with E-state index >= 15 is 0 Å². The zero-order valence-electron chi connectivity index (χ0n) is 16.2. The Bertz CT molecular complexity index is 1150. The van der Waals surface area contributed by atoms with Crippen molar-refractivity contribution in [3.63, 3.8) is 0 Å². The number of urea groups is 1. The third-order valence-electron chi connectivity index (χ3n) is 4.78. The summed E-state index contributed by atoms with van der Waals surface area (Å²) in [7, 11) is 1.50. The van der Waals surface area contributed by atoms with Crippen molar-refractivity contribution in [3.05, 3.63) is 60.3 Å². The largest absolute Gasteiger partial charge is 0.495 e. The lowest BCUT2D eigenvalue weighted by molar-refractivity contribution is -0.116. The van der Waals surface area contributed by atoms with Gasteiger partial charge in [-0.15, -0.1) is 0 Å². The summed E-state index contributed by atoms with van der Waals surface area (Å²) in [5.74, 6) is 0.0319. The van der Waals surface area contributed by atoms with Crippen LogP contribution in [0.3, 0.4) is 0 Å². The number of rotatable bonds is 5. The Morgan fingerprint density at radius 3 is 2.48 bits per heavy atom. The van der Waals surface area contributed by atoms with Gasteiger partial charge >= 0.3 is 11.5 Å². The highest BCUT2D eigenvalue weighted by atomic mass is 32.2. The van der Waals surface area contributed by atoms with Gasteiger partial charge in [0.15, 0.2) is 0 Å².